The molecule has 1 aliphatic carbocycles. The Labute approximate surface area is 143 Å². The standard InChI is InChI=1S/C17H20F3N5/c1-16(2)6-4-11(5-7-16)10-12-13(17(18,19)20)24-25(14(12)21)15-22-8-3-9-23-15/h3,8-10H,4-7,21H2,1-2H3. The van der Waals surface area contributed by atoms with Crippen molar-refractivity contribution in [3.8, 4) is 5.95 Å². The fourth-order valence-electron chi connectivity index (χ4n) is 2.94. The monoisotopic (exact) mass is 351 g/mol. The second-order valence-electron chi connectivity index (χ2n) is 7.07. The molecular weight excluding hydrogens is 331 g/mol. The highest BCUT2D eigenvalue weighted by Crippen LogP contribution is 2.41. The average Bonchev–Trinajstić information content (AvgIpc) is 2.87. The molecular formula is C17H20F3N5. The number of rotatable bonds is 2. The van der Waals surface area contributed by atoms with E-state index in [2.05, 4.69) is 28.9 Å². The van der Waals surface area contributed by atoms with Crippen LogP contribution in [0.2, 0.25) is 0 Å². The Balaban J connectivity index is 2.05. The zero-order chi connectivity index (χ0) is 18.2. The van der Waals surface area contributed by atoms with Gasteiger partial charge in [0, 0.05) is 18.0 Å². The van der Waals surface area contributed by atoms with Crippen molar-refractivity contribution in [2.24, 2.45) is 5.41 Å². The van der Waals surface area contributed by atoms with Crippen molar-refractivity contribution >= 4 is 11.9 Å². The van der Waals surface area contributed by atoms with Gasteiger partial charge in [-0.2, -0.15) is 23.0 Å². The van der Waals surface area contributed by atoms with Gasteiger partial charge in [-0.05, 0) is 43.2 Å². The molecule has 0 aromatic carbocycles. The zero-order valence-electron chi connectivity index (χ0n) is 14.1. The molecule has 2 aromatic rings. The van der Waals surface area contributed by atoms with E-state index >= 15 is 0 Å². The molecule has 2 N–H and O–H groups in total. The minimum absolute atomic E-state index is 0.0138. The van der Waals surface area contributed by atoms with Gasteiger partial charge in [0.1, 0.15) is 5.82 Å². The van der Waals surface area contributed by atoms with Gasteiger partial charge in [-0.25, -0.2) is 9.97 Å². The van der Waals surface area contributed by atoms with Crippen LogP contribution >= 0.6 is 0 Å². The van der Waals surface area contributed by atoms with Crippen LogP contribution < -0.4 is 5.73 Å². The molecule has 1 aliphatic rings. The van der Waals surface area contributed by atoms with E-state index < -0.39 is 11.9 Å². The van der Waals surface area contributed by atoms with Crippen molar-refractivity contribution in [1.29, 1.82) is 0 Å². The molecule has 1 fully saturated rings. The Kier molecular flexibility index (Phi) is 4.30. The van der Waals surface area contributed by atoms with E-state index in [9.17, 15) is 13.2 Å². The Morgan fingerprint density at radius 2 is 1.76 bits per heavy atom. The fraction of sp³-hybridized carbons (Fsp3) is 0.471. The van der Waals surface area contributed by atoms with E-state index in [1.807, 2.05) is 0 Å². The third-order valence-corrected chi connectivity index (χ3v) is 4.56. The van der Waals surface area contributed by atoms with Gasteiger partial charge in [0.2, 0.25) is 0 Å². The summed E-state index contributed by atoms with van der Waals surface area (Å²) in [5, 5.41) is 3.64. The van der Waals surface area contributed by atoms with E-state index in [1.54, 1.807) is 12.1 Å². The van der Waals surface area contributed by atoms with E-state index in [4.69, 9.17) is 5.73 Å². The first-order valence-corrected chi connectivity index (χ1v) is 8.10. The molecule has 0 bridgehead atoms. The van der Waals surface area contributed by atoms with Gasteiger partial charge in [0.15, 0.2) is 5.69 Å². The first-order valence-electron chi connectivity index (χ1n) is 8.10. The van der Waals surface area contributed by atoms with Crippen LogP contribution in [0.15, 0.2) is 24.0 Å². The number of nitrogens with zero attached hydrogens (tertiary/aromatic N) is 4. The number of allylic oxidation sites excluding steroid dienone is 1. The lowest BCUT2D eigenvalue weighted by molar-refractivity contribution is -0.141. The van der Waals surface area contributed by atoms with Gasteiger partial charge in [-0.3, -0.25) is 0 Å². The average molecular weight is 351 g/mol. The van der Waals surface area contributed by atoms with E-state index in [0.29, 0.717) is 0 Å². The number of aromatic nitrogens is 4. The lowest BCUT2D eigenvalue weighted by Crippen LogP contribution is -2.16. The molecule has 0 saturated heterocycles. The number of hydrogen-bond donors (Lipinski definition) is 1. The van der Waals surface area contributed by atoms with Crippen LogP contribution in [0.3, 0.4) is 0 Å². The lowest BCUT2D eigenvalue weighted by atomic mass is 9.75. The molecule has 8 heteroatoms. The van der Waals surface area contributed by atoms with E-state index in [-0.39, 0.29) is 22.7 Å². The summed E-state index contributed by atoms with van der Waals surface area (Å²) < 4.78 is 41.2. The number of hydrogen-bond acceptors (Lipinski definition) is 4. The maximum absolute atomic E-state index is 13.4. The van der Waals surface area contributed by atoms with Gasteiger partial charge in [-0.1, -0.05) is 19.4 Å². The van der Waals surface area contributed by atoms with Crippen LogP contribution in [-0.2, 0) is 6.18 Å². The maximum Gasteiger partial charge on any atom is 0.435 e. The fourth-order valence-corrected chi connectivity index (χ4v) is 2.94. The normalized spacial score (nSPS) is 17.6. The predicted molar refractivity (Wildman–Crippen MR) is 88.8 cm³/mol. The highest BCUT2D eigenvalue weighted by Gasteiger charge is 2.39. The SMILES string of the molecule is CC1(C)CCC(=Cc2c(C(F)(F)F)nn(-c3ncccn3)c2N)CC1. The summed E-state index contributed by atoms with van der Waals surface area (Å²) in [5.41, 5.74) is 6.06. The Morgan fingerprint density at radius 1 is 1.16 bits per heavy atom. The highest BCUT2D eigenvalue weighted by atomic mass is 19.4. The summed E-state index contributed by atoms with van der Waals surface area (Å²) >= 11 is 0. The smallest absolute Gasteiger partial charge is 0.383 e. The number of halogens is 3. The quantitative estimate of drug-likeness (QED) is 0.878. The second kappa shape index (κ2) is 6.16. The molecule has 3 rings (SSSR count). The van der Waals surface area contributed by atoms with Gasteiger partial charge in [-0.15, -0.1) is 0 Å². The van der Waals surface area contributed by atoms with Crippen molar-refractivity contribution in [3.63, 3.8) is 0 Å². The molecule has 5 nitrogen and oxygen atoms in total. The van der Waals surface area contributed by atoms with Crippen molar-refractivity contribution in [1.82, 2.24) is 19.7 Å². The molecule has 0 aliphatic heterocycles. The highest BCUT2D eigenvalue weighted by molar-refractivity contribution is 5.67. The first kappa shape index (κ1) is 17.4. The lowest BCUT2D eigenvalue weighted by Gasteiger charge is -2.30. The summed E-state index contributed by atoms with van der Waals surface area (Å²) in [5.74, 6) is -0.0872. The zero-order valence-corrected chi connectivity index (χ0v) is 14.1. The summed E-state index contributed by atoms with van der Waals surface area (Å²) in [7, 11) is 0. The van der Waals surface area contributed by atoms with Crippen molar-refractivity contribution in [2.75, 3.05) is 5.73 Å². The molecule has 2 aromatic heterocycles. The minimum Gasteiger partial charge on any atom is -0.383 e. The Morgan fingerprint density at radius 3 is 2.32 bits per heavy atom. The Hall–Kier alpha value is -2.38. The number of nitrogens with two attached hydrogens (primary N) is 1. The van der Waals surface area contributed by atoms with E-state index in [0.717, 1.165) is 35.9 Å². The molecule has 134 valence electrons. The second-order valence-corrected chi connectivity index (χ2v) is 7.07. The van der Waals surface area contributed by atoms with Crippen LogP contribution in [0.5, 0.6) is 0 Å². The molecule has 0 spiro atoms. The maximum atomic E-state index is 13.4. The van der Waals surface area contributed by atoms with Crippen molar-refractivity contribution < 1.29 is 13.2 Å². The van der Waals surface area contributed by atoms with Crippen LogP contribution in [0.4, 0.5) is 19.0 Å². The van der Waals surface area contributed by atoms with E-state index in [1.165, 1.54) is 12.4 Å². The van der Waals surface area contributed by atoms with Crippen LogP contribution in [0.25, 0.3) is 12.0 Å². The third-order valence-electron chi connectivity index (χ3n) is 4.56. The van der Waals surface area contributed by atoms with Gasteiger partial charge in [0.05, 0.1) is 0 Å². The molecule has 0 amide bonds. The van der Waals surface area contributed by atoms with Gasteiger partial charge < -0.3 is 5.73 Å². The van der Waals surface area contributed by atoms with Crippen LogP contribution in [-0.4, -0.2) is 19.7 Å². The third kappa shape index (κ3) is 3.67. The predicted octanol–water partition coefficient (Wildman–Crippen LogP) is 4.25. The molecule has 2 heterocycles. The first-order chi connectivity index (χ1) is 11.7. The minimum atomic E-state index is -4.60. The molecule has 0 unspecified atom stereocenters. The van der Waals surface area contributed by atoms with Crippen LogP contribution in [0, 0.1) is 5.41 Å². The van der Waals surface area contributed by atoms with Crippen molar-refractivity contribution in [2.45, 2.75) is 45.7 Å². The number of anilines is 1. The largest absolute Gasteiger partial charge is 0.435 e. The molecule has 0 radical (unpaired) electrons. The topological polar surface area (TPSA) is 69.6 Å². The van der Waals surface area contributed by atoms with Gasteiger partial charge >= 0.3 is 6.18 Å². The molecule has 1 saturated carbocycles. The molecule has 0 atom stereocenters. The Bertz CT molecular complexity index is 779. The summed E-state index contributed by atoms with van der Waals surface area (Å²) in [6, 6.07) is 1.57. The van der Waals surface area contributed by atoms with Crippen LogP contribution in [0.1, 0.15) is 50.8 Å². The summed E-state index contributed by atoms with van der Waals surface area (Å²) in [6.07, 6.45) is 3.20. The summed E-state index contributed by atoms with van der Waals surface area (Å²) in [4.78, 5) is 7.87. The summed E-state index contributed by atoms with van der Waals surface area (Å²) in [6.45, 7) is 4.34. The van der Waals surface area contributed by atoms with Crippen molar-refractivity contribution in [3.05, 3.63) is 35.3 Å². The molecule has 25 heavy (non-hydrogen) atoms. The number of alkyl halides is 3. The van der Waals surface area contributed by atoms with Gasteiger partial charge in [0.25, 0.3) is 5.95 Å². The number of nitrogen functional groups attached to an aromatic ring is 1.